The lowest BCUT2D eigenvalue weighted by atomic mass is 10.2. The van der Waals surface area contributed by atoms with E-state index in [-0.39, 0.29) is 5.84 Å². The van der Waals surface area contributed by atoms with Crippen LogP contribution in [0.25, 0.3) is 0 Å². The van der Waals surface area contributed by atoms with Gasteiger partial charge in [-0.1, -0.05) is 12.1 Å². The van der Waals surface area contributed by atoms with Crippen LogP contribution in [0.5, 0.6) is 11.5 Å². The summed E-state index contributed by atoms with van der Waals surface area (Å²) >= 11 is 3.37. The summed E-state index contributed by atoms with van der Waals surface area (Å²) in [5.74, 6) is 1.53. The van der Waals surface area contributed by atoms with E-state index >= 15 is 0 Å². The Morgan fingerprint density at radius 1 is 1.17 bits per heavy atom. The maximum atomic E-state index is 7.40. The van der Waals surface area contributed by atoms with E-state index in [1.165, 1.54) is 0 Å². The van der Waals surface area contributed by atoms with E-state index in [4.69, 9.17) is 15.9 Å². The van der Waals surface area contributed by atoms with E-state index in [1.807, 2.05) is 31.2 Å². The number of halogens is 1. The molecule has 0 aromatic heterocycles. The van der Waals surface area contributed by atoms with Crippen molar-refractivity contribution < 1.29 is 4.74 Å². The molecule has 0 atom stereocenters. The molecule has 18 heavy (non-hydrogen) atoms. The van der Waals surface area contributed by atoms with Gasteiger partial charge in [0.25, 0.3) is 0 Å². The van der Waals surface area contributed by atoms with Gasteiger partial charge in [-0.2, -0.15) is 0 Å². The van der Waals surface area contributed by atoms with Crippen molar-refractivity contribution in [3.8, 4) is 11.5 Å². The molecule has 0 unspecified atom stereocenters. The maximum absolute atomic E-state index is 7.40. The molecular weight excluding hydrogens is 292 g/mol. The number of amidine groups is 1. The number of aryl methyl sites for hydroxylation is 1. The van der Waals surface area contributed by atoms with Crippen molar-refractivity contribution in [3.63, 3.8) is 0 Å². The third kappa shape index (κ3) is 2.90. The average molecular weight is 305 g/mol. The first-order valence-electron chi connectivity index (χ1n) is 5.45. The molecule has 2 aromatic carbocycles. The zero-order chi connectivity index (χ0) is 13.1. The molecule has 0 saturated heterocycles. The molecule has 0 fully saturated rings. The van der Waals surface area contributed by atoms with Gasteiger partial charge in [-0.05, 0) is 58.7 Å². The van der Waals surface area contributed by atoms with E-state index in [2.05, 4.69) is 15.9 Å². The monoisotopic (exact) mass is 304 g/mol. The van der Waals surface area contributed by atoms with E-state index in [0.717, 1.165) is 15.8 Å². The van der Waals surface area contributed by atoms with Gasteiger partial charge >= 0.3 is 0 Å². The van der Waals surface area contributed by atoms with Crippen molar-refractivity contribution in [1.29, 1.82) is 5.41 Å². The van der Waals surface area contributed by atoms with Crippen LogP contribution in [0.15, 0.2) is 46.9 Å². The molecule has 0 amide bonds. The van der Waals surface area contributed by atoms with Gasteiger partial charge in [0.05, 0.1) is 0 Å². The molecule has 3 N–H and O–H groups in total. The Hall–Kier alpha value is -1.81. The molecule has 4 heteroatoms. The second-order valence-electron chi connectivity index (χ2n) is 3.97. The highest BCUT2D eigenvalue weighted by Gasteiger charge is 2.05. The number of nitrogen functional groups attached to an aromatic ring is 1. The summed E-state index contributed by atoms with van der Waals surface area (Å²) in [7, 11) is 0. The topological polar surface area (TPSA) is 59.1 Å². The summed E-state index contributed by atoms with van der Waals surface area (Å²) < 4.78 is 6.48. The Labute approximate surface area is 114 Å². The van der Waals surface area contributed by atoms with E-state index in [0.29, 0.717) is 11.3 Å². The van der Waals surface area contributed by atoms with Gasteiger partial charge in [0.1, 0.15) is 17.3 Å². The second-order valence-corrected chi connectivity index (χ2v) is 4.83. The van der Waals surface area contributed by atoms with E-state index in [1.54, 1.807) is 18.2 Å². The zero-order valence-corrected chi connectivity index (χ0v) is 11.5. The zero-order valence-electron chi connectivity index (χ0n) is 9.91. The summed E-state index contributed by atoms with van der Waals surface area (Å²) in [6.07, 6.45) is 0. The van der Waals surface area contributed by atoms with Gasteiger partial charge < -0.3 is 10.5 Å². The van der Waals surface area contributed by atoms with Crippen molar-refractivity contribution >= 4 is 21.8 Å². The van der Waals surface area contributed by atoms with Gasteiger partial charge in [0.2, 0.25) is 0 Å². The number of rotatable bonds is 3. The SMILES string of the molecule is Cc1cccc(Oc2ccc(C(=N)N)c(Br)c2)c1. The number of ether oxygens (including phenoxy) is 1. The molecule has 0 heterocycles. The normalized spacial score (nSPS) is 10.1. The summed E-state index contributed by atoms with van der Waals surface area (Å²) in [5.41, 5.74) is 7.25. The largest absolute Gasteiger partial charge is 0.457 e. The third-order valence-electron chi connectivity index (χ3n) is 2.46. The highest BCUT2D eigenvalue weighted by atomic mass is 79.9. The van der Waals surface area contributed by atoms with Crippen LogP contribution < -0.4 is 10.5 Å². The minimum atomic E-state index is 0.0315. The fourth-order valence-corrected chi connectivity index (χ4v) is 2.16. The van der Waals surface area contributed by atoms with Crippen LogP contribution in [-0.4, -0.2) is 5.84 Å². The minimum absolute atomic E-state index is 0.0315. The van der Waals surface area contributed by atoms with Crippen molar-refractivity contribution in [2.24, 2.45) is 5.73 Å². The molecule has 2 rings (SSSR count). The Bertz CT molecular complexity index is 596. The smallest absolute Gasteiger partial charge is 0.128 e. The molecule has 0 aliphatic rings. The maximum Gasteiger partial charge on any atom is 0.128 e. The first-order valence-corrected chi connectivity index (χ1v) is 6.24. The number of hydrogen-bond acceptors (Lipinski definition) is 2. The van der Waals surface area contributed by atoms with Crippen LogP contribution >= 0.6 is 15.9 Å². The van der Waals surface area contributed by atoms with Crippen molar-refractivity contribution in [2.45, 2.75) is 6.92 Å². The van der Waals surface area contributed by atoms with Gasteiger partial charge in [-0.3, -0.25) is 5.41 Å². The van der Waals surface area contributed by atoms with Crippen molar-refractivity contribution in [1.82, 2.24) is 0 Å². The molecule has 0 radical (unpaired) electrons. The average Bonchev–Trinajstić information content (AvgIpc) is 2.28. The molecule has 0 bridgehead atoms. The molecule has 2 aromatic rings. The fraction of sp³-hybridized carbons (Fsp3) is 0.0714. The lowest BCUT2D eigenvalue weighted by Gasteiger charge is -2.08. The first-order chi connectivity index (χ1) is 8.56. The lowest BCUT2D eigenvalue weighted by Crippen LogP contribution is -2.11. The van der Waals surface area contributed by atoms with Crippen LogP contribution in [0.1, 0.15) is 11.1 Å². The molecular formula is C14H13BrN2O. The molecule has 0 saturated carbocycles. The van der Waals surface area contributed by atoms with Gasteiger partial charge in [0, 0.05) is 10.0 Å². The third-order valence-corrected chi connectivity index (χ3v) is 3.11. The fourth-order valence-electron chi connectivity index (χ4n) is 1.59. The molecule has 0 aliphatic heterocycles. The standard InChI is InChI=1S/C14H13BrN2O/c1-9-3-2-4-10(7-9)18-11-5-6-12(14(16)17)13(15)8-11/h2-8H,1H3,(H3,16,17). The molecule has 0 aliphatic carbocycles. The van der Waals surface area contributed by atoms with Crippen LogP contribution in [0.2, 0.25) is 0 Å². The number of nitrogens with one attached hydrogen (secondary N) is 1. The molecule has 3 nitrogen and oxygen atoms in total. The first kappa shape index (κ1) is 12.6. The Morgan fingerprint density at radius 3 is 2.50 bits per heavy atom. The van der Waals surface area contributed by atoms with E-state index < -0.39 is 0 Å². The summed E-state index contributed by atoms with van der Waals surface area (Å²) in [5, 5.41) is 7.40. The number of nitrogens with two attached hydrogens (primary N) is 1. The van der Waals surface area contributed by atoms with Crippen molar-refractivity contribution in [2.75, 3.05) is 0 Å². The molecule has 92 valence electrons. The van der Waals surface area contributed by atoms with Crippen LogP contribution in [0.4, 0.5) is 0 Å². The number of hydrogen-bond donors (Lipinski definition) is 2. The highest BCUT2D eigenvalue weighted by molar-refractivity contribution is 9.10. The minimum Gasteiger partial charge on any atom is -0.457 e. The predicted octanol–water partition coefficient (Wildman–Crippen LogP) is 3.83. The van der Waals surface area contributed by atoms with Crippen LogP contribution in [-0.2, 0) is 0 Å². The van der Waals surface area contributed by atoms with Crippen LogP contribution in [0, 0.1) is 12.3 Å². The Morgan fingerprint density at radius 2 is 1.89 bits per heavy atom. The number of benzene rings is 2. The second kappa shape index (κ2) is 5.23. The quantitative estimate of drug-likeness (QED) is 0.668. The van der Waals surface area contributed by atoms with Crippen LogP contribution in [0.3, 0.4) is 0 Å². The van der Waals surface area contributed by atoms with Gasteiger partial charge in [0.15, 0.2) is 0 Å². The lowest BCUT2D eigenvalue weighted by molar-refractivity contribution is 0.482. The summed E-state index contributed by atoms with van der Waals surface area (Å²) in [6.45, 7) is 2.02. The van der Waals surface area contributed by atoms with Crippen molar-refractivity contribution in [3.05, 3.63) is 58.1 Å². The van der Waals surface area contributed by atoms with E-state index in [9.17, 15) is 0 Å². The Kier molecular flexibility index (Phi) is 3.67. The molecule has 0 spiro atoms. The summed E-state index contributed by atoms with van der Waals surface area (Å²) in [4.78, 5) is 0. The summed E-state index contributed by atoms with van der Waals surface area (Å²) in [6, 6.07) is 13.2. The Balaban J connectivity index is 2.25. The highest BCUT2D eigenvalue weighted by Crippen LogP contribution is 2.27. The van der Waals surface area contributed by atoms with Gasteiger partial charge in [-0.25, -0.2) is 0 Å². The predicted molar refractivity (Wildman–Crippen MR) is 76.4 cm³/mol. The van der Waals surface area contributed by atoms with Gasteiger partial charge in [-0.15, -0.1) is 0 Å².